The molecule has 0 radical (unpaired) electrons. The Labute approximate surface area is 79.4 Å². The molecule has 0 spiro atoms. The maximum absolute atomic E-state index is 11.4. The van der Waals surface area contributed by atoms with Crippen LogP contribution in [0, 0.1) is 0 Å². The molecule has 1 rings (SSSR count). The molecule has 0 aliphatic carbocycles. The van der Waals surface area contributed by atoms with Gasteiger partial charge in [-0.2, -0.15) is 0 Å². The zero-order valence-corrected chi connectivity index (χ0v) is 8.00. The van der Waals surface area contributed by atoms with Crippen molar-refractivity contribution >= 4 is 6.09 Å². The van der Waals surface area contributed by atoms with Crippen LogP contribution in [0.2, 0.25) is 0 Å². The summed E-state index contributed by atoms with van der Waals surface area (Å²) in [5, 5.41) is 0. The van der Waals surface area contributed by atoms with E-state index < -0.39 is 0 Å². The van der Waals surface area contributed by atoms with Crippen molar-refractivity contribution in [2.24, 2.45) is 0 Å². The summed E-state index contributed by atoms with van der Waals surface area (Å²) < 4.78 is 4.96. The molecule has 1 fully saturated rings. The second-order valence-electron chi connectivity index (χ2n) is 3.27. The van der Waals surface area contributed by atoms with E-state index in [0.717, 1.165) is 25.9 Å². The third kappa shape index (κ3) is 3.49. The van der Waals surface area contributed by atoms with Crippen LogP contribution in [0.5, 0.6) is 0 Å². The van der Waals surface area contributed by atoms with Crippen molar-refractivity contribution in [3.63, 3.8) is 0 Å². The predicted molar refractivity (Wildman–Crippen MR) is 51.6 cm³/mol. The molecule has 3 heteroatoms. The molecule has 1 amide bonds. The average molecular weight is 183 g/mol. The standard InChI is InChI=1S/C10H17NO2/c1-2-9-13-10(12)11-7-5-3-4-6-8-11/h2H,1,3-9H2. The number of hydrogen-bond donors (Lipinski definition) is 0. The second kappa shape index (κ2) is 5.62. The molecule has 3 nitrogen and oxygen atoms in total. The van der Waals surface area contributed by atoms with Crippen LogP contribution in [-0.2, 0) is 4.74 Å². The van der Waals surface area contributed by atoms with Gasteiger partial charge >= 0.3 is 6.09 Å². The third-order valence-electron chi connectivity index (χ3n) is 2.19. The first-order valence-corrected chi connectivity index (χ1v) is 4.87. The van der Waals surface area contributed by atoms with Gasteiger partial charge in [-0.15, -0.1) is 0 Å². The highest BCUT2D eigenvalue weighted by Gasteiger charge is 2.15. The van der Waals surface area contributed by atoms with Gasteiger partial charge in [0.2, 0.25) is 0 Å². The lowest BCUT2D eigenvalue weighted by molar-refractivity contribution is 0.114. The zero-order valence-electron chi connectivity index (χ0n) is 8.00. The van der Waals surface area contributed by atoms with Gasteiger partial charge in [-0.05, 0) is 12.8 Å². The minimum atomic E-state index is -0.193. The third-order valence-corrected chi connectivity index (χ3v) is 2.19. The van der Waals surface area contributed by atoms with E-state index in [1.165, 1.54) is 12.8 Å². The number of carbonyl (C=O) groups is 1. The van der Waals surface area contributed by atoms with Crippen molar-refractivity contribution in [1.82, 2.24) is 4.90 Å². The Hall–Kier alpha value is -0.990. The minimum absolute atomic E-state index is 0.193. The SMILES string of the molecule is C=CCOC(=O)N1CCCCCC1. The van der Waals surface area contributed by atoms with E-state index in [0.29, 0.717) is 6.61 Å². The van der Waals surface area contributed by atoms with Crippen molar-refractivity contribution in [1.29, 1.82) is 0 Å². The van der Waals surface area contributed by atoms with E-state index in [1.54, 1.807) is 11.0 Å². The molecule has 0 saturated carbocycles. The molecule has 1 saturated heterocycles. The topological polar surface area (TPSA) is 29.5 Å². The molecular weight excluding hydrogens is 166 g/mol. The Morgan fingerprint density at radius 3 is 2.46 bits per heavy atom. The van der Waals surface area contributed by atoms with Crippen LogP contribution in [0.25, 0.3) is 0 Å². The van der Waals surface area contributed by atoms with Crippen LogP contribution in [0.1, 0.15) is 25.7 Å². The normalized spacial score (nSPS) is 17.7. The minimum Gasteiger partial charge on any atom is -0.445 e. The summed E-state index contributed by atoms with van der Waals surface area (Å²) in [5.41, 5.74) is 0. The van der Waals surface area contributed by atoms with Crippen molar-refractivity contribution in [3.05, 3.63) is 12.7 Å². The van der Waals surface area contributed by atoms with Crippen LogP contribution >= 0.6 is 0 Å². The van der Waals surface area contributed by atoms with Crippen LogP contribution in [0.3, 0.4) is 0 Å². The van der Waals surface area contributed by atoms with Crippen LogP contribution in [-0.4, -0.2) is 30.7 Å². The first-order chi connectivity index (χ1) is 6.34. The van der Waals surface area contributed by atoms with Gasteiger partial charge in [0.1, 0.15) is 6.61 Å². The number of likely N-dealkylation sites (tertiary alicyclic amines) is 1. The molecule has 0 unspecified atom stereocenters. The fraction of sp³-hybridized carbons (Fsp3) is 0.700. The Morgan fingerprint density at radius 1 is 1.31 bits per heavy atom. The molecule has 74 valence electrons. The lowest BCUT2D eigenvalue weighted by atomic mass is 10.2. The van der Waals surface area contributed by atoms with E-state index in [9.17, 15) is 4.79 Å². The van der Waals surface area contributed by atoms with Crippen LogP contribution in [0.15, 0.2) is 12.7 Å². The van der Waals surface area contributed by atoms with Gasteiger partial charge in [0.15, 0.2) is 0 Å². The number of carbonyl (C=O) groups excluding carboxylic acids is 1. The Bertz CT molecular complexity index is 172. The van der Waals surface area contributed by atoms with E-state index >= 15 is 0 Å². The van der Waals surface area contributed by atoms with Gasteiger partial charge < -0.3 is 9.64 Å². The second-order valence-corrected chi connectivity index (χ2v) is 3.27. The molecule has 0 aromatic heterocycles. The van der Waals surface area contributed by atoms with Gasteiger partial charge in [-0.1, -0.05) is 25.5 Å². The smallest absolute Gasteiger partial charge is 0.410 e. The maximum Gasteiger partial charge on any atom is 0.410 e. The summed E-state index contributed by atoms with van der Waals surface area (Å²) in [4.78, 5) is 13.2. The van der Waals surface area contributed by atoms with Crippen molar-refractivity contribution in [2.45, 2.75) is 25.7 Å². The van der Waals surface area contributed by atoms with Gasteiger partial charge in [0.05, 0.1) is 0 Å². The highest BCUT2D eigenvalue weighted by molar-refractivity contribution is 5.67. The first kappa shape index (κ1) is 10.1. The quantitative estimate of drug-likeness (QED) is 0.614. The summed E-state index contributed by atoms with van der Waals surface area (Å²) in [6.45, 7) is 5.50. The Balaban J connectivity index is 2.30. The van der Waals surface area contributed by atoms with Crippen LogP contribution in [0.4, 0.5) is 4.79 Å². The van der Waals surface area contributed by atoms with Gasteiger partial charge in [-0.25, -0.2) is 4.79 Å². The summed E-state index contributed by atoms with van der Waals surface area (Å²) in [6.07, 6.45) is 6.06. The van der Waals surface area contributed by atoms with E-state index in [2.05, 4.69) is 6.58 Å². The van der Waals surface area contributed by atoms with E-state index in [1.807, 2.05) is 0 Å². The molecule has 0 aromatic carbocycles. The highest BCUT2D eigenvalue weighted by atomic mass is 16.6. The number of nitrogens with zero attached hydrogens (tertiary/aromatic N) is 1. The lowest BCUT2D eigenvalue weighted by Crippen LogP contribution is -2.32. The molecule has 1 heterocycles. The molecule has 1 aliphatic rings. The molecule has 0 N–H and O–H groups in total. The molecule has 0 bridgehead atoms. The molecule has 0 aromatic rings. The average Bonchev–Trinajstić information content (AvgIpc) is 2.42. The number of hydrogen-bond acceptors (Lipinski definition) is 2. The Morgan fingerprint density at radius 2 is 1.92 bits per heavy atom. The molecule has 0 atom stereocenters. The summed E-state index contributed by atoms with van der Waals surface area (Å²) >= 11 is 0. The molecule has 1 aliphatic heterocycles. The van der Waals surface area contributed by atoms with Crippen LogP contribution < -0.4 is 0 Å². The molecule has 13 heavy (non-hydrogen) atoms. The summed E-state index contributed by atoms with van der Waals surface area (Å²) in [6, 6.07) is 0. The number of rotatable bonds is 2. The van der Waals surface area contributed by atoms with E-state index in [-0.39, 0.29) is 6.09 Å². The first-order valence-electron chi connectivity index (χ1n) is 4.87. The highest BCUT2D eigenvalue weighted by Crippen LogP contribution is 2.10. The van der Waals surface area contributed by atoms with E-state index in [4.69, 9.17) is 4.74 Å². The fourth-order valence-electron chi connectivity index (χ4n) is 1.47. The van der Waals surface area contributed by atoms with Gasteiger partial charge in [-0.3, -0.25) is 0 Å². The predicted octanol–water partition coefficient (Wildman–Crippen LogP) is 2.19. The molecular formula is C10H17NO2. The van der Waals surface area contributed by atoms with Crippen molar-refractivity contribution in [3.8, 4) is 0 Å². The number of ether oxygens (including phenoxy) is 1. The number of amides is 1. The lowest BCUT2D eigenvalue weighted by Gasteiger charge is -2.18. The van der Waals surface area contributed by atoms with Gasteiger partial charge in [0, 0.05) is 13.1 Å². The largest absolute Gasteiger partial charge is 0.445 e. The summed E-state index contributed by atoms with van der Waals surface area (Å²) in [7, 11) is 0. The van der Waals surface area contributed by atoms with Crippen molar-refractivity contribution in [2.75, 3.05) is 19.7 Å². The maximum atomic E-state index is 11.4. The monoisotopic (exact) mass is 183 g/mol. The zero-order chi connectivity index (χ0) is 9.52. The Kier molecular flexibility index (Phi) is 4.36. The summed E-state index contributed by atoms with van der Waals surface area (Å²) in [5.74, 6) is 0. The van der Waals surface area contributed by atoms with Crippen molar-refractivity contribution < 1.29 is 9.53 Å². The fourth-order valence-corrected chi connectivity index (χ4v) is 1.47. The van der Waals surface area contributed by atoms with Gasteiger partial charge in [0.25, 0.3) is 0 Å².